The van der Waals surface area contributed by atoms with Crippen molar-refractivity contribution in [1.29, 1.82) is 0 Å². The van der Waals surface area contributed by atoms with Gasteiger partial charge < -0.3 is 9.88 Å². The Morgan fingerprint density at radius 2 is 1.66 bits per heavy atom. The van der Waals surface area contributed by atoms with Gasteiger partial charge >= 0.3 is 0 Å². The summed E-state index contributed by atoms with van der Waals surface area (Å²) in [6.45, 7) is 0. The van der Waals surface area contributed by atoms with Crippen LogP contribution in [0.1, 0.15) is 11.4 Å². The van der Waals surface area contributed by atoms with Crippen molar-refractivity contribution >= 4 is 34.5 Å². The second-order valence-corrected chi connectivity index (χ2v) is 6.75. The summed E-state index contributed by atoms with van der Waals surface area (Å²) in [5, 5.41) is 4.38. The van der Waals surface area contributed by atoms with Gasteiger partial charge in [0.15, 0.2) is 11.7 Å². The minimum absolute atomic E-state index is 0.550. The van der Waals surface area contributed by atoms with Gasteiger partial charge in [-0.3, -0.25) is 5.43 Å². The fourth-order valence-corrected chi connectivity index (χ4v) is 2.85. The van der Waals surface area contributed by atoms with Crippen LogP contribution in [0, 0.1) is 0 Å². The predicted octanol–water partition coefficient (Wildman–Crippen LogP) is 4.33. The average Bonchev–Trinajstić information content (AvgIpc) is 3.18. The number of H-pyrrole nitrogens is 1. The molecule has 2 N–H and O–H groups in total. The van der Waals surface area contributed by atoms with E-state index in [2.05, 4.69) is 42.5 Å². The number of aliphatic imine (C=N–C) groups is 1. The van der Waals surface area contributed by atoms with Crippen LogP contribution in [0.4, 0.5) is 11.4 Å². The lowest BCUT2D eigenvalue weighted by Crippen LogP contribution is -2.20. The van der Waals surface area contributed by atoms with Crippen molar-refractivity contribution in [3.63, 3.8) is 0 Å². The molecule has 3 aromatic carbocycles. The number of rotatable bonds is 5. The Kier molecular flexibility index (Phi) is 5.33. The largest absolute Gasteiger partial charge is 0.378 e. The monoisotopic (exact) mass is 382 g/mol. The highest BCUT2D eigenvalue weighted by molar-refractivity contribution is 6.00. The average molecular weight is 382 g/mol. The van der Waals surface area contributed by atoms with Gasteiger partial charge in [0.25, 0.3) is 0 Å². The van der Waals surface area contributed by atoms with Crippen molar-refractivity contribution in [2.75, 3.05) is 19.0 Å². The molecular formula is C23H22N6. The van der Waals surface area contributed by atoms with Crippen molar-refractivity contribution in [2.24, 2.45) is 10.1 Å². The third-order valence-corrected chi connectivity index (χ3v) is 4.40. The number of fused-ring (bicyclic) bond motifs is 1. The maximum absolute atomic E-state index is 4.68. The van der Waals surface area contributed by atoms with Crippen LogP contribution in [-0.4, -0.2) is 36.1 Å². The zero-order valence-electron chi connectivity index (χ0n) is 16.4. The van der Waals surface area contributed by atoms with Gasteiger partial charge in [-0.2, -0.15) is 5.10 Å². The Bertz CT molecular complexity index is 1110. The Labute approximate surface area is 169 Å². The predicted molar refractivity (Wildman–Crippen MR) is 120 cm³/mol. The van der Waals surface area contributed by atoms with E-state index >= 15 is 0 Å². The number of nitrogens with one attached hydrogen (secondary N) is 2. The van der Waals surface area contributed by atoms with Crippen LogP contribution in [0.25, 0.3) is 11.0 Å². The molecule has 0 aliphatic heterocycles. The summed E-state index contributed by atoms with van der Waals surface area (Å²) in [6.07, 6.45) is 1.77. The molecule has 0 aliphatic carbocycles. The van der Waals surface area contributed by atoms with E-state index in [9.17, 15) is 0 Å². The minimum Gasteiger partial charge on any atom is -0.378 e. The summed E-state index contributed by atoms with van der Waals surface area (Å²) in [6, 6.07) is 25.8. The number of aromatic amines is 1. The van der Waals surface area contributed by atoms with Gasteiger partial charge in [0.1, 0.15) is 0 Å². The van der Waals surface area contributed by atoms with E-state index < -0.39 is 0 Å². The Morgan fingerprint density at radius 1 is 0.931 bits per heavy atom. The molecule has 0 aliphatic rings. The lowest BCUT2D eigenvalue weighted by molar-refractivity contribution is 1.01. The van der Waals surface area contributed by atoms with Crippen LogP contribution in [0.2, 0.25) is 0 Å². The smallest absolute Gasteiger partial charge is 0.190 e. The number of hydrazone groups is 1. The van der Waals surface area contributed by atoms with Gasteiger partial charge in [0, 0.05) is 19.8 Å². The van der Waals surface area contributed by atoms with E-state index in [1.165, 1.54) is 0 Å². The van der Waals surface area contributed by atoms with E-state index in [-0.39, 0.29) is 0 Å². The zero-order valence-corrected chi connectivity index (χ0v) is 16.4. The molecule has 6 heteroatoms. The number of anilines is 1. The molecule has 0 atom stereocenters. The highest BCUT2D eigenvalue weighted by Gasteiger charge is 2.09. The van der Waals surface area contributed by atoms with E-state index in [0.717, 1.165) is 28.0 Å². The van der Waals surface area contributed by atoms with Crippen molar-refractivity contribution in [3.05, 3.63) is 90.3 Å². The highest BCUT2D eigenvalue weighted by atomic mass is 15.3. The maximum Gasteiger partial charge on any atom is 0.190 e. The molecule has 1 aromatic heterocycles. The molecule has 0 radical (unpaired) electrons. The topological polar surface area (TPSA) is 68.7 Å². The second-order valence-electron chi connectivity index (χ2n) is 6.75. The summed E-state index contributed by atoms with van der Waals surface area (Å²) in [4.78, 5) is 14.7. The van der Waals surface area contributed by atoms with Crippen molar-refractivity contribution < 1.29 is 0 Å². The summed E-state index contributed by atoms with van der Waals surface area (Å²) in [5.74, 6) is 1.18. The molecular weight excluding hydrogens is 360 g/mol. The van der Waals surface area contributed by atoms with Gasteiger partial charge in [-0.15, -0.1) is 0 Å². The third-order valence-electron chi connectivity index (χ3n) is 4.40. The number of para-hydroxylation sites is 3. The molecule has 1 heterocycles. The molecule has 0 saturated carbocycles. The van der Waals surface area contributed by atoms with Crippen LogP contribution < -0.4 is 10.3 Å². The van der Waals surface area contributed by atoms with E-state index in [1.54, 1.807) is 6.21 Å². The normalized spacial score (nSPS) is 11.9. The maximum atomic E-state index is 4.68. The van der Waals surface area contributed by atoms with Crippen LogP contribution in [-0.2, 0) is 0 Å². The van der Waals surface area contributed by atoms with Crippen LogP contribution >= 0.6 is 0 Å². The first-order valence-corrected chi connectivity index (χ1v) is 9.34. The number of imidazole rings is 1. The number of hydrogen-bond donors (Lipinski definition) is 2. The molecule has 29 heavy (non-hydrogen) atoms. The fraction of sp³-hybridized carbons (Fsp3) is 0.0870. The van der Waals surface area contributed by atoms with Gasteiger partial charge in [-0.25, -0.2) is 9.98 Å². The summed E-state index contributed by atoms with van der Waals surface area (Å²) in [7, 11) is 4.04. The van der Waals surface area contributed by atoms with Crippen molar-refractivity contribution in [2.45, 2.75) is 0 Å². The molecule has 144 valence electrons. The van der Waals surface area contributed by atoms with Gasteiger partial charge in [0.2, 0.25) is 0 Å². The molecule has 0 fully saturated rings. The van der Waals surface area contributed by atoms with Crippen LogP contribution in [0.5, 0.6) is 0 Å². The van der Waals surface area contributed by atoms with Crippen molar-refractivity contribution in [1.82, 2.24) is 15.4 Å². The first-order chi connectivity index (χ1) is 14.2. The molecule has 0 amide bonds. The number of amidine groups is 1. The number of nitrogens with zero attached hydrogens (tertiary/aromatic N) is 4. The quantitative estimate of drug-likeness (QED) is 0.307. The molecule has 4 rings (SSSR count). The summed E-state index contributed by atoms with van der Waals surface area (Å²) in [5.41, 5.74) is 7.84. The Hall–Kier alpha value is -3.93. The summed E-state index contributed by atoms with van der Waals surface area (Å²) < 4.78 is 0. The number of hydrogen-bond acceptors (Lipinski definition) is 4. The molecule has 4 aromatic rings. The minimum atomic E-state index is 0.550. The number of benzene rings is 3. The first-order valence-electron chi connectivity index (χ1n) is 9.34. The lowest BCUT2D eigenvalue weighted by Gasteiger charge is -2.11. The summed E-state index contributed by atoms with van der Waals surface area (Å²) >= 11 is 0. The SMILES string of the molecule is CN(C)c1ccc(/C=N\NC(=Nc2ccccc2)c2nc3ccccc3[nH]2)cc1. The van der Waals surface area contributed by atoms with Gasteiger partial charge in [-0.05, 0) is 42.0 Å². The number of aromatic nitrogens is 2. The molecule has 0 saturated heterocycles. The Morgan fingerprint density at radius 3 is 2.38 bits per heavy atom. The van der Waals surface area contributed by atoms with E-state index in [1.807, 2.05) is 80.8 Å². The molecule has 0 spiro atoms. The second kappa shape index (κ2) is 8.39. The van der Waals surface area contributed by atoms with E-state index in [4.69, 9.17) is 0 Å². The molecule has 6 nitrogen and oxygen atoms in total. The van der Waals surface area contributed by atoms with Gasteiger partial charge in [0.05, 0.1) is 22.9 Å². The zero-order chi connectivity index (χ0) is 20.1. The van der Waals surface area contributed by atoms with E-state index in [0.29, 0.717) is 11.7 Å². The molecule has 0 bridgehead atoms. The standard InChI is InChI=1S/C23H22N6/c1-29(2)19-14-12-17(13-15-19)16-24-28-23(25-18-8-4-3-5-9-18)22-26-20-10-6-7-11-21(20)27-22/h3-16H,1-2H3,(H,25,28)(H,26,27)/b24-16-. The third kappa shape index (κ3) is 4.50. The van der Waals surface area contributed by atoms with Gasteiger partial charge in [-0.1, -0.05) is 42.5 Å². The molecule has 0 unspecified atom stereocenters. The van der Waals surface area contributed by atoms with Crippen LogP contribution in [0.15, 0.2) is 89.0 Å². The Balaban J connectivity index is 1.61. The van der Waals surface area contributed by atoms with Crippen molar-refractivity contribution in [3.8, 4) is 0 Å². The lowest BCUT2D eigenvalue weighted by atomic mass is 10.2. The first kappa shape index (κ1) is 18.4. The van der Waals surface area contributed by atoms with Crippen LogP contribution in [0.3, 0.4) is 0 Å². The fourth-order valence-electron chi connectivity index (χ4n) is 2.85. The highest BCUT2D eigenvalue weighted by Crippen LogP contribution is 2.15.